The zero-order chi connectivity index (χ0) is 28.9. The Hall–Kier alpha value is 0. The van der Waals surface area contributed by atoms with E-state index in [1.807, 2.05) is 0 Å². The topological polar surface area (TPSA) is 0 Å². The van der Waals surface area contributed by atoms with E-state index in [1.54, 1.807) is 0 Å². The second-order valence-corrected chi connectivity index (χ2v) is 13.7. The van der Waals surface area contributed by atoms with Crippen molar-refractivity contribution in [2.24, 2.45) is 0 Å². The Labute approximate surface area is 264 Å². The molecule has 0 aromatic rings. The summed E-state index contributed by atoms with van der Waals surface area (Å²) in [4.78, 5) is 0. The van der Waals surface area contributed by atoms with E-state index in [1.165, 1.54) is 244 Å². The van der Waals surface area contributed by atoms with Gasteiger partial charge in [-0.2, -0.15) is 0 Å². The molecule has 0 aromatic carbocycles. The minimum absolute atomic E-state index is 0. The summed E-state index contributed by atoms with van der Waals surface area (Å²) in [5, 5.41) is 0. The molecule has 0 aliphatic heterocycles. The van der Waals surface area contributed by atoms with Crippen LogP contribution >= 0.6 is 0 Å². The molecule has 0 N–H and O–H groups in total. The molecule has 0 aliphatic rings. The molecule has 0 heteroatoms. The van der Waals surface area contributed by atoms with Crippen molar-refractivity contribution in [3.05, 3.63) is 0 Å². The van der Waals surface area contributed by atoms with E-state index in [0.29, 0.717) is 0 Å². The summed E-state index contributed by atoms with van der Waals surface area (Å²) in [6, 6.07) is 0. The van der Waals surface area contributed by atoms with E-state index in [0.717, 1.165) is 0 Å². The van der Waals surface area contributed by atoms with Crippen LogP contribution in [0.1, 0.15) is 265 Å². The highest BCUT2D eigenvalue weighted by Gasteiger charge is 1.97. The van der Waals surface area contributed by atoms with Crippen LogP contribution in [-0.2, 0) is 0 Å². The highest BCUT2D eigenvalue weighted by atomic mass is 14.0. The van der Waals surface area contributed by atoms with Crippen LogP contribution in [0.3, 0.4) is 0 Å². The second kappa shape index (κ2) is 42.1. The van der Waals surface area contributed by atoms with Crippen LogP contribution in [0.4, 0.5) is 0 Å². The molecule has 0 spiro atoms. The molecule has 0 amide bonds. The third-order valence-corrected chi connectivity index (χ3v) is 9.46. The summed E-state index contributed by atoms with van der Waals surface area (Å²) < 4.78 is 0. The van der Waals surface area contributed by atoms with Crippen molar-refractivity contribution in [2.75, 3.05) is 0 Å². The Bertz CT molecular complexity index is 361. The SMILES string of the molecule is C.CCCCCCCCCCCCCCCCCCCCCCCCCCCCCCCCCCCCCCCC. The molecule has 0 fully saturated rings. The van der Waals surface area contributed by atoms with Crippen LogP contribution in [0.2, 0.25) is 0 Å². The lowest BCUT2D eigenvalue weighted by Gasteiger charge is -2.05. The lowest BCUT2D eigenvalue weighted by molar-refractivity contribution is 0.510. The van der Waals surface area contributed by atoms with Gasteiger partial charge < -0.3 is 0 Å². The van der Waals surface area contributed by atoms with Gasteiger partial charge in [0.05, 0.1) is 0 Å². The van der Waals surface area contributed by atoms with E-state index < -0.39 is 0 Å². The van der Waals surface area contributed by atoms with Crippen LogP contribution in [-0.4, -0.2) is 0 Å². The third kappa shape index (κ3) is 42.2. The number of unbranched alkanes of at least 4 members (excludes halogenated alkanes) is 37. The first-order chi connectivity index (χ1) is 19.9. The fourth-order valence-corrected chi connectivity index (χ4v) is 6.51. The Kier molecular flexibility index (Phi) is 44.3. The summed E-state index contributed by atoms with van der Waals surface area (Å²) in [5.41, 5.74) is 0. The van der Waals surface area contributed by atoms with Gasteiger partial charge >= 0.3 is 0 Å². The molecule has 0 saturated carbocycles. The number of hydrogen-bond donors (Lipinski definition) is 0. The summed E-state index contributed by atoms with van der Waals surface area (Å²) in [5.74, 6) is 0. The fourth-order valence-electron chi connectivity index (χ4n) is 6.51. The van der Waals surface area contributed by atoms with Crippen molar-refractivity contribution in [3.63, 3.8) is 0 Å². The summed E-state index contributed by atoms with van der Waals surface area (Å²) in [7, 11) is 0. The van der Waals surface area contributed by atoms with Gasteiger partial charge in [-0.05, 0) is 0 Å². The molecule has 0 heterocycles. The largest absolute Gasteiger partial charge is 0.0776 e. The van der Waals surface area contributed by atoms with Crippen LogP contribution in [0.25, 0.3) is 0 Å². The van der Waals surface area contributed by atoms with Gasteiger partial charge in [-0.15, -0.1) is 0 Å². The van der Waals surface area contributed by atoms with Crippen molar-refractivity contribution in [3.8, 4) is 0 Å². The average Bonchev–Trinajstić information content (AvgIpc) is 2.97. The molecule has 0 atom stereocenters. The van der Waals surface area contributed by atoms with E-state index in [-0.39, 0.29) is 7.43 Å². The molecule has 41 heavy (non-hydrogen) atoms. The average molecular weight is 579 g/mol. The zero-order valence-corrected chi connectivity index (χ0v) is 28.9. The van der Waals surface area contributed by atoms with Gasteiger partial charge in [0.25, 0.3) is 0 Å². The molecule has 0 unspecified atom stereocenters. The van der Waals surface area contributed by atoms with E-state index in [4.69, 9.17) is 0 Å². The van der Waals surface area contributed by atoms with Crippen LogP contribution in [0.15, 0.2) is 0 Å². The minimum Gasteiger partial charge on any atom is -0.0776 e. The predicted octanol–water partition coefficient (Wildman–Crippen LogP) is 16.5. The number of rotatable bonds is 37. The van der Waals surface area contributed by atoms with Gasteiger partial charge in [-0.25, -0.2) is 0 Å². The molecule has 0 aromatic heterocycles. The molecule has 0 saturated heterocycles. The molecule has 250 valence electrons. The van der Waals surface area contributed by atoms with Gasteiger partial charge in [-0.3, -0.25) is 0 Å². The Morgan fingerprint density at radius 2 is 0.220 bits per heavy atom. The maximum Gasteiger partial charge on any atom is -0.0533 e. The van der Waals surface area contributed by atoms with E-state index >= 15 is 0 Å². The van der Waals surface area contributed by atoms with Gasteiger partial charge in [0.15, 0.2) is 0 Å². The molecule has 0 radical (unpaired) electrons. The zero-order valence-electron chi connectivity index (χ0n) is 28.9. The number of hydrogen-bond acceptors (Lipinski definition) is 0. The molecule has 0 bridgehead atoms. The lowest BCUT2D eigenvalue weighted by Crippen LogP contribution is -1.85. The first-order valence-electron chi connectivity index (χ1n) is 19.9. The van der Waals surface area contributed by atoms with Crippen molar-refractivity contribution >= 4 is 0 Å². The molecular formula is C41H86. The lowest BCUT2D eigenvalue weighted by atomic mass is 10.0. The minimum atomic E-state index is 0. The quantitative estimate of drug-likeness (QED) is 0.0643. The highest BCUT2D eigenvalue weighted by Crippen LogP contribution is 2.17. The van der Waals surface area contributed by atoms with Crippen LogP contribution in [0.5, 0.6) is 0 Å². The maximum atomic E-state index is 2.31. The van der Waals surface area contributed by atoms with Crippen LogP contribution < -0.4 is 0 Å². The smallest absolute Gasteiger partial charge is 0.0533 e. The summed E-state index contributed by atoms with van der Waals surface area (Å²) in [6.45, 7) is 4.62. The van der Waals surface area contributed by atoms with Crippen molar-refractivity contribution in [2.45, 2.75) is 265 Å². The molecule has 0 rings (SSSR count). The van der Waals surface area contributed by atoms with E-state index in [2.05, 4.69) is 13.8 Å². The summed E-state index contributed by atoms with van der Waals surface area (Å²) >= 11 is 0. The molecule has 0 aliphatic carbocycles. The standard InChI is InChI=1S/C40H82.CH4/c1-3-5-7-9-11-13-15-17-19-21-23-25-27-29-31-33-35-37-39-40-38-36-34-32-30-28-26-24-22-20-18-16-14-12-10-8-6-4-2;/h3-40H2,1-2H3;1H4. The van der Waals surface area contributed by atoms with Gasteiger partial charge in [-0.1, -0.05) is 265 Å². The molecule has 0 nitrogen and oxygen atoms in total. The Balaban J connectivity index is 0. The monoisotopic (exact) mass is 579 g/mol. The second-order valence-electron chi connectivity index (χ2n) is 13.7. The van der Waals surface area contributed by atoms with Crippen LogP contribution in [0, 0.1) is 0 Å². The Morgan fingerprint density at radius 3 is 0.293 bits per heavy atom. The van der Waals surface area contributed by atoms with Crippen molar-refractivity contribution < 1.29 is 0 Å². The predicted molar refractivity (Wildman–Crippen MR) is 194 cm³/mol. The maximum absolute atomic E-state index is 2.31. The molecular weight excluding hydrogens is 492 g/mol. The normalized spacial score (nSPS) is 11.3. The van der Waals surface area contributed by atoms with Crippen molar-refractivity contribution in [1.82, 2.24) is 0 Å². The fraction of sp³-hybridized carbons (Fsp3) is 1.00. The van der Waals surface area contributed by atoms with E-state index in [9.17, 15) is 0 Å². The van der Waals surface area contributed by atoms with Gasteiger partial charge in [0, 0.05) is 0 Å². The summed E-state index contributed by atoms with van der Waals surface area (Å²) in [6.07, 6.45) is 56.4. The van der Waals surface area contributed by atoms with Crippen molar-refractivity contribution in [1.29, 1.82) is 0 Å². The van der Waals surface area contributed by atoms with Gasteiger partial charge in [0.2, 0.25) is 0 Å². The highest BCUT2D eigenvalue weighted by molar-refractivity contribution is 4.53. The third-order valence-electron chi connectivity index (χ3n) is 9.46. The first-order valence-corrected chi connectivity index (χ1v) is 19.9. The first kappa shape index (κ1) is 43.1. The Morgan fingerprint density at radius 1 is 0.146 bits per heavy atom. The van der Waals surface area contributed by atoms with Gasteiger partial charge in [0.1, 0.15) is 0 Å².